The summed E-state index contributed by atoms with van der Waals surface area (Å²) in [6, 6.07) is 0.147. The minimum atomic E-state index is -0.474. The largest absolute Gasteiger partial charge is 0.444 e. The second-order valence-electron chi connectivity index (χ2n) is 7.31. The van der Waals surface area contributed by atoms with Gasteiger partial charge in [0.25, 0.3) is 0 Å². The number of carbonyl (C=O) groups is 1. The molecule has 1 saturated heterocycles. The summed E-state index contributed by atoms with van der Waals surface area (Å²) in [6.07, 6.45) is 4.76. The van der Waals surface area contributed by atoms with Crippen molar-refractivity contribution in [2.24, 2.45) is 5.92 Å². The second-order valence-corrected chi connectivity index (χ2v) is 7.31. The van der Waals surface area contributed by atoms with Crippen molar-refractivity contribution < 1.29 is 14.3 Å². The van der Waals surface area contributed by atoms with Crippen molar-refractivity contribution >= 4 is 6.09 Å². The maximum atomic E-state index is 12.4. The van der Waals surface area contributed by atoms with Gasteiger partial charge in [0.1, 0.15) is 5.60 Å². The molecule has 1 fully saturated rings. The van der Waals surface area contributed by atoms with Gasteiger partial charge in [-0.25, -0.2) is 4.79 Å². The zero-order valence-corrected chi connectivity index (χ0v) is 15.3. The van der Waals surface area contributed by atoms with E-state index in [9.17, 15) is 4.79 Å². The van der Waals surface area contributed by atoms with Gasteiger partial charge in [0.2, 0.25) is 0 Å². The van der Waals surface area contributed by atoms with Gasteiger partial charge in [0, 0.05) is 32.3 Å². The molecule has 1 aliphatic heterocycles. The molecule has 0 aromatic carbocycles. The Hall–Kier alpha value is -1.07. The molecule has 0 spiro atoms. The van der Waals surface area contributed by atoms with Crippen LogP contribution >= 0.6 is 0 Å². The Morgan fingerprint density at radius 1 is 1.39 bits per heavy atom. The molecule has 1 rings (SSSR count). The molecule has 5 heteroatoms. The third-order valence-corrected chi connectivity index (χ3v) is 3.73. The quantitative estimate of drug-likeness (QED) is 0.576. The number of hydrogen-bond donors (Lipinski definition) is 1. The Labute approximate surface area is 141 Å². The molecule has 2 atom stereocenters. The summed E-state index contributed by atoms with van der Waals surface area (Å²) >= 11 is 0. The summed E-state index contributed by atoms with van der Waals surface area (Å²) in [4.78, 5) is 14.3. The van der Waals surface area contributed by atoms with E-state index in [1.807, 2.05) is 31.7 Å². The van der Waals surface area contributed by atoms with E-state index in [-0.39, 0.29) is 12.1 Å². The number of unbranched alkanes of at least 4 members (excludes halogenated alkanes) is 1. The number of carbonyl (C=O) groups excluding carboxylic acids is 1. The first-order valence-electron chi connectivity index (χ1n) is 8.75. The number of rotatable bonds is 7. The lowest BCUT2D eigenvalue weighted by atomic mass is 10.1. The van der Waals surface area contributed by atoms with Crippen molar-refractivity contribution in [3.8, 4) is 0 Å². The molecule has 0 radical (unpaired) electrons. The molecule has 1 unspecified atom stereocenters. The average Bonchev–Trinajstić information content (AvgIpc) is 2.65. The lowest BCUT2D eigenvalue weighted by Gasteiger charge is -2.29. The first kappa shape index (κ1) is 20.0. The van der Waals surface area contributed by atoms with E-state index >= 15 is 0 Å². The highest BCUT2D eigenvalue weighted by Gasteiger charge is 2.29. The molecule has 134 valence electrons. The highest BCUT2D eigenvalue weighted by Crippen LogP contribution is 2.16. The molecule has 0 aromatic heterocycles. The van der Waals surface area contributed by atoms with Gasteiger partial charge < -0.3 is 19.7 Å². The molecular weight excluding hydrogens is 292 g/mol. The predicted octanol–water partition coefficient (Wildman–Crippen LogP) is 3.20. The van der Waals surface area contributed by atoms with Crippen LogP contribution in [0.2, 0.25) is 0 Å². The van der Waals surface area contributed by atoms with Crippen molar-refractivity contribution in [1.29, 1.82) is 0 Å². The first-order valence-corrected chi connectivity index (χ1v) is 8.75. The minimum absolute atomic E-state index is 0.147. The molecule has 23 heavy (non-hydrogen) atoms. The summed E-state index contributed by atoms with van der Waals surface area (Å²) in [5, 5.41) is 3.52. The van der Waals surface area contributed by atoms with Crippen LogP contribution in [0.1, 0.15) is 47.0 Å². The van der Waals surface area contributed by atoms with E-state index in [0.29, 0.717) is 25.6 Å². The van der Waals surface area contributed by atoms with Crippen LogP contribution in [0.15, 0.2) is 12.7 Å². The van der Waals surface area contributed by atoms with E-state index < -0.39 is 5.60 Å². The zero-order valence-electron chi connectivity index (χ0n) is 15.3. The molecule has 1 N–H and O–H groups in total. The van der Waals surface area contributed by atoms with Crippen molar-refractivity contribution in [2.45, 2.75) is 58.6 Å². The number of hydrogen-bond acceptors (Lipinski definition) is 4. The molecule has 1 aliphatic rings. The Morgan fingerprint density at radius 2 is 2.13 bits per heavy atom. The molecule has 1 amide bonds. The molecule has 0 bridgehead atoms. The van der Waals surface area contributed by atoms with Crippen LogP contribution in [0.3, 0.4) is 0 Å². The highest BCUT2D eigenvalue weighted by molar-refractivity contribution is 5.68. The third-order valence-electron chi connectivity index (χ3n) is 3.73. The average molecular weight is 326 g/mol. The lowest BCUT2D eigenvalue weighted by Crippen LogP contribution is -2.45. The van der Waals surface area contributed by atoms with E-state index in [1.165, 1.54) is 0 Å². The van der Waals surface area contributed by atoms with E-state index in [2.05, 4.69) is 18.8 Å². The predicted molar refractivity (Wildman–Crippen MR) is 93.6 cm³/mol. The van der Waals surface area contributed by atoms with Crippen LogP contribution in [0.25, 0.3) is 0 Å². The Balaban J connectivity index is 2.63. The molecule has 0 aromatic rings. The van der Waals surface area contributed by atoms with E-state index in [0.717, 1.165) is 32.4 Å². The van der Waals surface area contributed by atoms with Gasteiger partial charge in [-0.05, 0) is 39.5 Å². The van der Waals surface area contributed by atoms with Gasteiger partial charge in [-0.1, -0.05) is 19.4 Å². The summed E-state index contributed by atoms with van der Waals surface area (Å²) in [5.41, 5.74) is -0.474. The SMILES string of the molecule is C=CCC1CN[C@@H](COCCCC)CN(C(=O)OC(C)(C)C)C1. The van der Waals surface area contributed by atoms with Crippen LogP contribution in [-0.2, 0) is 9.47 Å². The Kier molecular flexibility index (Phi) is 8.63. The second kappa shape index (κ2) is 9.93. The topological polar surface area (TPSA) is 50.8 Å². The van der Waals surface area contributed by atoms with Crippen molar-refractivity contribution in [2.75, 3.05) is 32.8 Å². The maximum absolute atomic E-state index is 12.4. The molecule has 0 aliphatic carbocycles. The fraction of sp³-hybridized carbons (Fsp3) is 0.833. The number of nitrogens with one attached hydrogen (secondary N) is 1. The van der Waals surface area contributed by atoms with E-state index in [4.69, 9.17) is 9.47 Å². The fourth-order valence-corrected chi connectivity index (χ4v) is 2.57. The summed E-state index contributed by atoms with van der Waals surface area (Å²) in [6.45, 7) is 15.2. The van der Waals surface area contributed by atoms with Gasteiger partial charge in [0.15, 0.2) is 0 Å². The lowest BCUT2D eigenvalue weighted by molar-refractivity contribution is 0.0202. The number of ether oxygens (including phenoxy) is 2. The molecule has 1 heterocycles. The van der Waals surface area contributed by atoms with Crippen LogP contribution < -0.4 is 5.32 Å². The monoisotopic (exact) mass is 326 g/mol. The van der Waals surface area contributed by atoms with Gasteiger partial charge in [-0.2, -0.15) is 0 Å². The Morgan fingerprint density at radius 3 is 2.74 bits per heavy atom. The van der Waals surface area contributed by atoms with Crippen LogP contribution in [0, 0.1) is 5.92 Å². The van der Waals surface area contributed by atoms with Gasteiger partial charge in [-0.3, -0.25) is 0 Å². The summed E-state index contributed by atoms with van der Waals surface area (Å²) in [5.74, 6) is 0.362. The molecular formula is C18H34N2O3. The van der Waals surface area contributed by atoms with Crippen molar-refractivity contribution in [3.05, 3.63) is 12.7 Å². The number of allylic oxidation sites excluding steroid dienone is 1. The van der Waals surface area contributed by atoms with Crippen molar-refractivity contribution in [1.82, 2.24) is 10.2 Å². The van der Waals surface area contributed by atoms with Gasteiger partial charge >= 0.3 is 6.09 Å². The van der Waals surface area contributed by atoms with Crippen LogP contribution in [-0.4, -0.2) is 55.5 Å². The van der Waals surface area contributed by atoms with Gasteiger partial charge in [0.05, 0.1) is 6.61 Å². The normalized spacial score (nSPS) is 22.5. The van der Waals surface area contributed by atoms with Crippen LogP contribution in [0.4, 0.5) is 4.79 Å². The summed E-state index contributed by atoms with van der Waals surface area (Å²) < 4.78 is 11.3. The number of nitrogens with zero attached hydrogens (tertiary/aromatic N) is 1. The minimum Gasteiger partial charge on any atom is -0.444 e. The van der Waals surface area contributed by atoms with Gasteiger partial charge in [-0.15, -0.1) is 6.58 Å². The standard InChI is InChI=1S/C18H34N2O3/c1-6-8-10-22-14-16-13-20(17(21)23-18(3,4)5)12-15(9-7-2)11-19-16/h7,15-16,19H,2,6,8-14H2,1,3-5H3/t15?,16-/m1/s1. The first-order chi connectivity index (χ1) is 10.9. The van der Waals surface area contributed by atoms with E-state index in [1.54, 1.807) is 0 Å². The highest BCUT2D eigenvalue weighted by atomic mass is 16.6. The summed E-state index contributed by atoms with van der Waals surface area (Å²) in [7, 11) is 0. The van der Waals surface area contributed by atoms with Crippen molar-refractivity contribution in [3.63, 3.8) is 0 Å². The zero-order chi connectivity index (χ0) is 17.3. The fourth-order valence-electron chi connectivity index (χ4n) is 2.57. The Bertz CT molecular complexity index is 366. The maximum Gasteiger partial charge on any atom is 0.410 e. The third kappa shape index (κ3) is 8.37. The molecule has 5 nitrogen and oxygen atoms in total. The number of amides is 1. The smallest absolute Gasteiger partial charge is 0.410 e. The molecule has 0 saturated carbocycles. The van der Waals surface area contributed by atoms with Crippen LogP contribution in [0.5, 0.6) is 0 Å².